The number of azo groups is 1. The number of rotatable bonds is 5. The Labute approximate surface area is 156 Å². The van der Waals surface area contributed by atoms with Crippen molar-refractivity contribution in [2.75, 3.05) is 14.2 Å². The second-order valence-electron chi connectivity index (χ2n) is 5.82. The fraction of sp³-hybridized carbons (Fsp3) is 0.0952. The molecule has 2 aromatic heterocycles. The highest BCUT2D eigenvalue weighted by molar-refractivity contribution is 5.75. The molecule has 2 aromatic carbocycles. The van der Waals surface area contributed by atoms with Crippen molar-refractivity contribution in [3.8, 4) is 22.8 Å². The first kappa shape index (κ1) is 16.8. The topological polar surface area (TPSA) is 60.5 Å². The van der Waals surface area contributed by atoms with E-state index in [9.17, 15) is 0 Å². The fourth-order valence-corrected chi connectivity index (χ4v) is 2.86. The number of hydrogen-bond donors (Lipinski definition) is 0. The zero-order chi connectivity index (χ0) is 18.6. The lowest BCUT2D eigenvalue weighted by atomic mass is 10.1. The van der Waals surface area contributed by atoms with E-state index in [1.807, 2.05) is 77.3 Å². The Bertz CT molecular complexity index is 1120. The first-order chi connectivity index (χ1) is 13.3. The van der Waals surface area contributed by atoms with E-state index in [2.05, 4.69) is 10.2 Å². The number of imidazole rings is 1. The van der Waals surface area contributed by atoms with Gasteiger partial charge in [-0.2, -0.15) is 0 Å². The van der Waals surface area contributed by atoms with Gasteiger partial charge in [-0.1, -0.05) is 30.3 Å². The monoisotopic (exact) mass is 358 g/mol. The third-order valence-corrected chi connectivity index (χ3v) is 4.19. The molecule has 0 atom stereocenters. The average molecular weight is 358 g/mol. The Morgan fingerprint density at radius 1 is 0.852 bits per heavy atom. The Balaban J connectivity index is 1.87. The Hall–Kier alpha value is -3.67. The summed E-state index contributed by atoms with van der Waals surface area (Å²) in [7, 11) is 3.26. The SMILES string of the molecule is COc1cccc(-c2nc3ccccn3c2N=Nc2ccccc2OC)c1. The van der Waals surface area contributed by atoms with Crippen LogP contribution in [0.1, 0.15) is 0 Å². The highest BCUT2D eigenvalue weighted by atomic mass is 16.5. The summed E-state index contributed by atoms with van der Waals surface area (Å²) in [5, 5.41) is 8.92. The van der Waals surface area contributed by atoms with E-state index in [0.717, 1.165) is 22.7 Å². The smallest absolute Gasteiger partial charge is 0.187 e. The zero-order valence-electron chi connectivity index (χ0n) is 15.0. The number of pyridine rings is 1. The van der Waals surface area contributed by atoms with Crippen molar-refractivity contribution in [3.63, 3.8) is 0 Å². The number of aromatic nitrogens is 2. The molecule has 6 heteroatoms. The molecule has 0 aliphatic heterocycles. The molecule has 0 radical (unpaired) electrons. The molecule has 0 spiro atoms. The van der Waals surface area contributed by atoms with Crippen LogP contribution in [-0.4, -0.2) is 23.6 Å². The van der Waals surface area contributed by atoms with Crippen LogP contribution in [0.25, 0.3) is 16.9 Å². The van der Waals surface area contributed by atoms with Gasteiger partial charge in [0.25, 0.3) is 0 Å². The molecule has 6 nitrogen and oxygen atoms in total. The van der Waals surface area contributed by atoms with Gasteiger partial charge in [0.15, 0.2) is 5.82 Å². The zero-order valence-corrected chi connectivity index (χ0v) is 15.0. The summed E-state index contributed by atoms with van der Waals surface area (Å²) in [6, 6.07) is 21.1. The van der Waals surface area contributed by atoms with Gasteiger partial charge < -0.3 is 9.47 Å². The number of para-hydroxylation sites is 1. The maximum absolute atomic E-state index is 5.36. The summed E-state index contributed by atoms with van der Waals surface area (Å²) < 4.78 is 12.6. The number of benzene rings is 2. The van der Waals surface area contributed by atoms with Gasteiger partial charge in [-0.3, -0.25) is 4.40 Å². The third kappa shape index (κ3) is 3.25. The van der Waals surface area contributed by atoms with Gasteiger partial charge in [-0.05, 0) is 36.4 Å². The number of fused-ring (bicyclic) bond motifs is 1. The van der Waals surface area contributed by atoms with Gasteiger partial charge in [0.1, 0.15) is 28.5 Å². The van der Waals surface area contributed by atoms with Crippen LogP contribution in [0.3, 0.4) is 0 Å². The quantitative estimate of drug-likeness (QED) is 0.447. The van der Waals surface area contributed by atoms with Gasteiger partial charge in [0.05, 0.1) is 14.2 Å². The van der Waals surface area contributed by atoms with E-state index in [1.54, 1.807) is 14.2 Å². The van der Waals surface area contributed by atoms with Crippen molar-refractivity contribution in [2.24, 2.45) is 10.2 Å². The Morgan fingerprint density at radius 2 is 1.70 bits per heavy atom. The largest absolute Gasteiger partial charge is 0.497 e. The summed E-state index contributed by atoms with van der Waals surface area (Å²) in [6.45, 7) is 0. The van der Waals surface area contributed by atoms with E-state index in [4.69, 9.17) is 14.5 Å². The summed E-state index contributed by atoms with van der Waals surface area (Å²) in [6.07, 6.45) is 1.92. The number of methoxy groups -OCH3 is 2. The maximum Gasteiger partial charge on any atom is 0.187 e. The second-order valence-corrected chi connectivity index (χ2v) is 5.82. The lowest BCUT2D eigenvalue weighted by molar-refractivity contribution is 0.415. The van der Waals surface area contributed by atoms with Crippen LogP contribution in [0.4, 0.5) is 11.5 Å². The number of ether oxygens (including phenoxy) is 2. The molecular formula is C21H18N4O2. The lowest BCUT2D eigenvalue weighted by Gasteiger charge is -2.04. The van der Waals surface area contributed by atoms with Gasteiger partial charge in [-0.15, -0.1) is 10.2 Å². The average Bonchev–Trinajstić information content (AvgIpc) is 3.11. The van der Waals surface area contributed by atoms with E-state index in [1.165, 1.54) is 0 Å². The first-order valence-corrected chi connectivity index (χ1v) is 8.46. The first-order valence-electron chi connectivity index (χ1n) is 8.46. The standard InChI is InChI=1S/C21H18N4O2/c1-26-16-9-7-8-15(14-16)20-21(25-13-6-5-12-19(25)22-20)24-23-17-10-3-4-11-18(17)27-2/h3-14H,1-2H3. The molecule has 134 valence electrons. The van der Waals surface area contributed by atoms with E-state index in [0.29, 0.717) is 17.3 Å². The highest BCUT2D eigenvalue weighted by Gasteiger charge is 2.14. The van der Waals surface area contributed by atoms with Crippen LogP contribution in [0, 0.1) is 0 Å². The predicted octanol–water partition coefficient (Wildman–Crippen LogP) is 5.43. The molecule has 0 N–H and O–H groups in total. The molecule has 27 heavy (non-hydrogen) atoms. The van der Waals surface area contributed by atoms with E-state index in [-0.39, 0.29) is 0 Å². The van der Waals surface area contributed by atoms with Crippen molar-refractivity contribution >= 4 is 17.2 Å². The molecular weight excluding hydrogens is 340 g/mol. The normalized spacial score (nSPS) is 11.2. The van der Waals surface area contributed by atoms with Gasteiger partial charge >= 0.3 is 0 Å². The van der Waals surface area contributed by atoms with E-state index >= 15 is 0 Å². The summed E-state index contributed by atoms with van der Waals surface area (Å²) in [4.78, 5) is 4.74. The molecule has 4 aromatic rings. The van der Waals surface area contributed by atoms with Crippen molar-refractivity contribution in [3.05, 3.63) is 72.9 Å². The van der Waals surface area contributed by atoms with Crippen LogP contribution >= 0.6 is 0 Å². The van der Waals surface area contributed by atoms with Crippen molar-refractivity contribution in [1.29, 1.82) is 0 Å². The molecule has 2 heterocycles. The highest BCUT2D eigenvalue weighted by Crippen LogP contribution is 2.35. The van der Waals surface area contributed by atoms with Gasteiger partial charge in [-0.25, -0.2) is 4.98 Å². The summed E-state index contributed by atoms with van der Waals surface area (Å²) >= 11 is 0. The minimum atomic E-state index is 0.643. The van der Waals surface area contributed by atoms with Crippen LogP contribution in [0.5, 0.6) is 11.5 Å². The minimum absolute atomic E-state index is 0.643. The van der Waals surface area contributed by atoms with Crippen molar-refractivity contribution < 1.29 is 9.47 Å². The second kappa shape index (κ2) is 7.29. The molecule has 0 amide bonds. The molecule has 0 aliphatic rings. The minimum Gasteiger partial charge on any atom is -0.497 e. The molecule has 0 bridgehead atoms. The predicted molar refractivity (Wildman–Crippen MR) is 104 cm³/mol. The Morgan fingerprint density at radius 3 is 2.56 bits per heavy atom. The molecule has 0 saturated carbocycles. The van der Waals surface area contributed by atoms with Crippen molar-refractivity contribution in [2.45, 2.75) is 0 Å². The molecule has 0 unspecified atom stereocenters. The lowest BCUT2D eigenvalue weighted by Crippen LogP contribution is -1.85. The van der Waals surface area contributed by atoms with Gasteiger partial charge in [0.2, 0.25) is 0 Å². The van der Waals surface area contributed by atoms with Crippen LogP contribution in [0.2, 0.25) is 0 Å². The summed E-state index contributed by atoms with van der Waals surface area (Å²) in [5.74, 6) is 2.07. The molecule has 0 fully saturated rings. The molecule has 0 aliphatic carbocycles. The molecule has 0 saturated heterocycles. The van der Waals surface area contributed by atoms with Crippen LogP contribution in [-0.2, 0) is 0 Å². The third-order valence-electron chi connectivity index (χ3n) is 4.19. The maximum atomic E-state index is 5.36. The Kier molecular flexibility index (Phi) is 4.53. The van der Waals surface area contributed by atoms with Crippen LogP contribution in [0.15, 0.2) is 83.2 Å². The van der Waals surface area contributed by atoms with Gasteiger partial charge in [0, 0.05) is 11.8 Å². The number of hydrogen-bond acceptors (Lipinski definition) is 5. The van der Waals surface area contributed by atoms with Crippen molar-refractivity contribution in [1.82, 2.24) is 9.38 Å². The number of nitrogens with zero attached hydrogens (tertiary/aromatic N) is 4. The fourth-order valence-electron chi connectivity index (χ4n) is 2.86. The summed E-state index contributed by atoms with van der Waals surface area (Å²) in [5.41, 5.74) is 3.09. The molecule has 4 rings (SSSR count). The van der Waals surface area contributed by atoms with Crippen LogP contribution < -0.4 is 9.47 Å². The van der Waals surface area contributed by atoms with E-state index < -0.39 is 0 Å².